The van der Waals surface area contributed by atoms with Gasteiger partial charge in [-0.15, -0.1) is 0 Å². The van der Waals surface area contributed by atoms with Crippen molar-refractivity contribution in [2.24, 2.45) is 0 Å². The average molecular weight is 396 g/mol. The van der Waals surface area contributed by atoms with E-state index in [1.165, 1.54) is 6.07 Å². The Morgan fingerprint density at radius 1 is 1.14 bits per heavy atom. The summed E-state index contributed by atoms with van der Waals surface area (Å²) in [5.41, 5.74) is 2.74. The van der Waals surface area contributed by atoms with Crippen LogP contribution in [0.3, 0.4) is 0 Å². The van der Waals surface area contributed by atoms with Gasteiger partial charge in [0.2, 0.25) is 5.87 Å². The van der Waals surface area contributed by atoms with E-state index in [2.05, 4.69) is 9.88 Å². The summed E-state index contributed by atoms with van der Waals surface area (Å²) in [6.07, 6.45) is 3.74. The van der Waals surface area contributed by atoms with Gasteiger partial charge in [-0.25, -0.2) is 9.78 Å². The predicted octanol–water partition coefficient (Wildman–Crippen LogP) is 2.94. The van der Waals surface area contributed by atoms with E-state index >= 15 is 0 Å². The molecule has 0 saturated heterocycles. The number of phenols is 1. The summed E-state index contributed by atoms with van der Waals surface area (Å²) in [7, 11) is 0.100. The molecule has 7 nitrogen and oxygen atoms in total. The van der Waals surface area contributed by atoms with Crippen molar-refractivity contribution in [2.75, 3.05) is 13.1 Å². The first-order valence-electron chi connectivity index (χ1n) is 9.91. The summed E-state index contributed by atoms with van der Waals surface area (Å²) in [5.74, 6) is -1.59. The molecule has 3 rings (SSSR count). The number of fused-ring (bicyclic) bond motifs is 1. The zero-order valence-electron chi connectivity index (χ0n) is 16.3. The highest BCUT2D eigenvalue weighted by molar-refractivity contribution is 6.71. The topological polar surface area (TPSA) is 111 Å². The molecule has 3 N–H and O–H groups in total. The van der Waals surface area contributed by atoms with Crippen LogP contribution < -0.4 is 0 Å². The molecule has 0 radical (unpaired) electrons. The number of hydrogen-bond acceptors (Lipinski definition) is 5. The van der Waals surface area contributed by atoms with Crippen molar-refractivity contribution in [1.82, 2.24) is 9.88 Å². The molecule has 0 bridgehead atoms. The number of rotatable bonds is 9. The fraction of sp³-hybridized carbons (Fsp3) is 0.381. The molecule has 1 unspecified atom stereocenters. The van der Waals surface area contributed by atoms with Crippen LogP contribution in [0.15, 0.2) is 36.4 Å². The SMILES string of the molecule is O=C(O)BCCN(CCc1ccccc1O)C1CCCc2nc(C(=O)O)ccc21. The maximum Gasteiger partial charge on any atom is 0.354 e. The minimum atomic E-state index is -1.03. The van der Waals surface area contributed by atoms with Crippen molar-refractivity contribution in [3.05, 3.63) is 58.9 Å². The summed E-state index contributed by atoms with van der Waals surface area (Å²) in [5, 5.41) is 28.3. The summed E-state index contributed by atoms with van der Waals surface area (Å²) in [6, 6.07) is 10.7. The molecular formula is C21H25BN2O5. The Kier molecular flexibility index (Phi) is 6.88. The number of para-hydroxylation sites is 1. The Bertz CT molecular complexity index is 889. The van der Waals surface area contributed by atoms with Gasteiger partial charge in [-0.05, 0) is 55.5 Å². The first-order chi connectivity index (χ1) is 14.0. The molecule has 1 aromatic carbocycles. The zero-order chi connectivity index (χ0) is 20.8. The third-order valence-corrected chi connectivity index (χ3v) is 5.42. The molecule has 0 amide bonds. The largest absolute Gasteiger partial charge is 0.508 e. The Hall–Kier alpha value is -2.87. The second-order valence-corrected chi connectivity index (χ2v) is 7.36. The third kappa shape index (κ3) is 5.35. The first-order valence-corrected chi connectivity index (χ1v) is 9.91. The molecule has 1 aromatic heterocycles. The molecule has 0 fully saturated rings. The van der Waals surface area contributed by atoms with Crippen LogP contribution in [0.4, 0.5) is 4.79 Å². The van der Waals surface area contributed by atoms with Crippen LogP contribution in [0, 0.1) is 0 Å². The van der Waals surface area contributed by atoms with Gasteiger partial charge in [0.15, 0.2) is 0 Å². The molecule has 2 aromatic rings. The number of aromatic carboxylic acids is 1. The zero-order valence-corrected chi connectivity index (χ0v) is 16.3. The van der Waals surface area contributed by atoms with Crippen LogP contribution in [0.25, 0.3) is 0 Å². The maximum atomic E-state index is 11.2. The van der Waals surface area contributed by atoms with Crippen molar-refractivity contribution < 1.29 is 24.9 Å². The number of aromatic nitrogens is 1. The molecule has 1 heterocycles. The highest BCUT2D eigenvalue weighted by Gasteiger charge is 2.27. The van der Waals surface area contributed by atoms with E-state index < -0.39 is 11.8 Å². The minimum absolute atomic E-state index is 0.0519. The third-order valence-electron chi connectivity index (χ3n) is 5.42. The van der Waals surface area contributed by atoms with Crippen LogP contribution in [-0.2, 0) is 12.8 Å². The van der Waals surface area contributed by atoms with Crippen molar-refractivity contribution in [1.29, 1.82) is 0 Å². The summed E-state index contributed by atoms with van der Waals surface area (Å²) >= 11 is 0. The van der Waals surface area contributed by atoms with E-state index in [1.54, 1.807) is 12.1 Å². The van der Waals surface area contributed by atoms with E-state index in [-0.39, 0.29) is 24.8 Å². The van der Waals surface area contributed by atoms with E-state index in [0.29, 0.717) is 25.8 Å². The minimum Gasteiger partial charge on any atom is -0.508 e. The number of hydrogen-bond donors (Lipinski definition) is 3. The Labute approximate surface area is 170 Å². The molecule has 1 aliphatic carbocycles. The molecule has 152 valence electrons. The van der Waals surface area contributed by atoms with Gasteiger partial charge in [0.25, 0.3) is 7.28 Å². The second-order valence-electron chi connectivity index (χ2n) is 7.36. The van der Waals surface area contributed by atoms with Crippen LogP contribution in [0.5, 0.6) is 5.75 Å². The lowest BCUT2D eigenvalue weighted by Gasteiger charge is -2.35. The molecule has 0 saturated carbocycles. The Morgan fingerprint density at radius 3 is 2.66 bits per heavy atom. The molecule has 0 aliphatic heterocycles. The molecule has 1 aliphatic rings. The number of phenolic OH excluding ortho intramolecular Hbond substituents is 1. The van der Waals surface area contributed by atoms with Crippen molar-refractivity contribution in [3.8, 4) is 5.75 Å². The van der Waals surface area contributed by atoms with Crippen LogP contribution in [0.2, 0.25) is 6.32 Å². The van der Waals surface area contributed by atoms with E-state index in [4.69, 9.17) is 5.11 Å². The van der Waals surface area contributed by atoms with Crippen molar-refractivity contribution in [3.63, 3.8) is 0 Å². The number of carboxylic acids is 1. The molecule has 1 atom stereocenters. The average Bonchev–Trinajstić information content (AvgIpc) is 2.70. The van der Waals surface area contributed by atoms with Crippen molar-refractivity contribution >= 4 is 19.1 Å². The highest BCUT2D eigenvalue weighted by Crippen LogP contribution is 2.34. The lowest BCUT2D eigenvalue weighted by Crippen LogP contribution is -2.35. The first kappa shape index (κ1) is 20.9. The van der Waals surface area contributed by atoms with E-state index in [1.807, 2.05) is 18.2 Å². The van der Waals surface area contributed by atoms with Gasteiger partial charge >= 0.3 is 5.97 Å². The van der Waals surface area contributed by atoms with Gasteiger partial charge in [0, 0.05) is 18.3 Å². The monoisotopic (exact) mass is 396 g/mol. The van der Waals surface area contributed by atoms with Gasteiger partial charge in [0.1, 0.15) is 11.4 Å². The fourth-order valence-electron chi connectivity index (χ4n) is 3.98. The predicted molar refractivity (Wildman–Crippen MR) is 110 cm³/mol. The number of carboxylic acid groups (broad SMARTS) is 2. The van der Waals surface area contributed by atoms with Crippen LogP contribution >= 0.6 is 0 Å². The molecule has 8 heteroatoms. The lowest BCUT2D eigenvalue weighted by atomic mass is 9.74. The number of carbonyl (C=O) groups is 2. The standard InChI is InChI=1S/C21H25BN2O5/c25-19-7-2-1-4-14(19)10-12-24(13-11-22-21(28)29)18-6-3-5-16-15(18)8-9-17(23-16)20(26)27/h1-2,4,7-9,18,22,25H,3,5-6,10-13H2,(H,26,27)(H,28,29). The molecule has 0 spiro atoms. The number of benzene rings is 1. The van der Waals surface area contributed by atoms with E-state index in [0.717, 1.165) is 36.1 Å². The van der Waals surface area contributed by atoms with Crippen molar-refractivity contribution in [2.45, 2.75) is 38.0 Å². The number of aryl methyl sites for hydroxylation is 1. The normalized spacial score (nSPS) is 15.7. The Balaban J connectivity index is 1.81. The number of nitrogens with zero attached hydrogens (tertiary/aromatic N) is 2. The van der Waals surface area contributed by atoms with E-state index in [9.17, 15) is 19.8 Å². The summed E-state index contributed by atoms with van der Waals surface area (Å²) in [6.45, 7) is 1.28. The second kappa shape index (κ2) is 9.56. The smallest absolute Gasteiger partial charge is 0.354 e. The maximum absolute atomic E-state index is 11.2. The fourth-order valence-corrected chi connectivity index (χ4v) is 3.98. The highest BCUT2D eigenvalue weighted by atomic mass is 16.4. The summed E-state index contributed by atoms with van der Waals surface area (Å²) < 4.78 is 0. The van der Waals surface area contributed by atoms with Crippen LogP contribution in [0.1, 0.15) is 46.2 Å². The number of aromatic hydroxyl groups is 1. The lowest BCUT2D eigenvalue weighted by molar-refractivity contribution is 0.0689. The number of pyridine rings is 1. The van der Waals surface area contributed by atoms with Crippen LogP contribution in [-0.4, -0.2) is 57.4 Å². The van der Waals surface area contributed by atoms with Gasteiger partial charge in [-0.1, -0.05) is 30.6 Å². The van der Waals surface area contributed by atoms with Gasteiger partial charge < -0.3 is 15.3 Å². The van der Waals surface area contributed by atoms with Gasteiger partial charge in [0.05, 0.1) is 0 Å². The quantitative estimate of drug-likeness (QED) is 0.559. The van der Waals surface area contributed by atoms with Gasteiger partial charge in [-0.2, -0.15) is 0 Å². The molecule has 29 heavy (non-hydrogen) atoms. The summed E-state index contributed by atoms with van der Waals surface area (Å²) in [4.78, 5) is 28.8. The molecular weight excluding hydrogens is 371 g/mol. The van der Waals surface area contributed by atoms with Gasteiger partial charge in [-0.3, -0.25) is 9.69 Å². The Morgan fingerprint density at radius 2 is 1.93 bits per heavy atom.